The van der Waals surface area contributed by atoms with Gasteiger partial charge in [-0.15, -0.1) is 0 Å². The van der Waals surface area contributed by atoms with Crippen molar-refractivity contribution < 1.29 is 5.11 Å². The highest BCUT2D eigenvalue weighted by Crippen LogP contribution is 2.21. The Kier molecular flexibility index (Phi) is 3.48. The normalized spacial score (nSPS) is 13.2. The predicted octanol–water partition coefficient (Wildman–Crippen LogP) is 1.95. The minimum atomic E-state index is -0.339. The Hall–Kier alpha value is -0.830. The zero-order chi connectivity index (χ0) is 9.84. The first-order valence-electron chi connectivity index (χ1n) is 4.83. The molecule has 0 aromatic carbocycles. The van der Waals surface area contributed by atoms with Crippen LogP contribution in [-0.4, -0.2) is 14.9 Å². The van der Waals surface area contributed by atoms with Gasteiger partial charge in [-0.2, -0.15) is 5.10 Å². The van der Waals surface area contributed by atoms with E-state index in [2.05, 4.69) is 12.0 Å². The molecule has 1 rings (SSSR count). The molecule has 13 heavy (non-hydrogen) atoms. The average molecular weight is 182 g/mol. The molecule has 0 fully saturated rings. The van der Waals surface area contributed by atoms with Crippen molar-refractivity contribution in [1.82, 2.24) is 9.78 Å². The number of hydrogen-bond acceptors (Lipinski definition) is 2. The van der Waals surface area contributed by atoms with E-state index < -0.39 is 0 Å². The number of unbranched alkanes of at least 4 members (excludes halogenated alkanes) is 1. The quantitative estimate of drug-likeness (QED) is 0.773. The van der Waals surface area contributed by atoms with Crippen LogP contribution in [0.1, 0.15) is 43.5 Å². The molecule has 0 saturated carbocycles. The Bertz CT molecular complexity index is 268. The maximum Gasteiger partial charge on any atom is 0.0823 e. The van der Waals surface area contributed by atoms with Gasteiger partial charge in [0.25, 0.3) is 0 Å². The van der Waals surface area contributed by atoms with E-state index in [-0.39, 0.29) is 6.10 Å². The first-order chi connectivity index (χ1) is 6.16. The monoisotopic (exact) mass is 182 g/mol. The number of aliphatic hydroxyl groups excluding tert-OH is 1. The molecule has 1 N–H and O–H groups in total. The van der Waals surface area contributed by atoms with Crippen LogP contribution in [0.25, 0.3) is 0 Å². The van der Waals surface area contributed by atoms with Gasteiger partial charge in [0, 0.05) is 18.3 Å². The minimum absolute atomic E-state index is 0.339. The van der Waals surface area contributed by atoms with Crippen LogP contribution in [0, 0.1) is 6.92 Å². The molecule has 0 radical (unpaired) electrons. The molecule has 0 spiro atoms. The van der Waals surface area contributed by atoms with E-state index in [1.807, 2.05) is 14.0 Å². The zero-order valence-electron chi connectivity index (χ0n) is 8.62. The molecule has 0 amide bonds. The van der Waals surface area contributed by atoms with Gasteiger partial charge >= 0.3 is 0 Å². The third-order valence-electron chi connectivity index (χ3n) is 2.46. The van der Waals surface area contributed by atoms with Crippen LogP contribution in [0.2, 0.25) is 0 Å². The summed E-state index contributed by atoms with van der Waals surface area (Å²) in [6.07, 6.45) is 4.44. The maximum absolute atomic E-state index is 9.79. The van der Waals surface area contributed by atoms with Gasteiger partial charge < -0.3 is 5.11 Å². The Balaban J connectivity index is 2.65. The summed E-state index contributed by atoms with van der Waals surface area (Å²) >= 11 is 0. The van der Waals surface area contributed by atoms with Crippen molar-refractivity contribution in [3.8, 4) is 0 Å². The molecule has 1 aromatic heterocycles. The molecule has 74 valence electrons. The van der Waals surface area contributed by atoms with Crippen LogP contribution in [0.3, 0.4) is 0 Å². The Morgan fingerprint density at radius 2 is 2.31 bits per heavy atom. The van der Waals surface area contributed by atoms with Crippen LogP contribution in [0.4, 0.5) is 0 Å². The third kappa shape index (κ3) is 2.31. The third-order valence-corrected chi connectivity index (χ3v) is 2.46. The van der Waals surface area contributed by atoms with E-state index in [9.17, 15) is 5.11 Å². The van der Waals surface area contributed by atoms with E-state index in [0.717, 1.165) is 30.5 Å². The van der Waals surface area contributed by atoms with Gasteiger partial charge in [-0.25, -0.2) is 0 Å². The fourth-order valence-electron chi connectivity index (χ4n) is 1.40. The first-order valence-corrected chi connectivity index (χ1v) is 4.83. The van der Waals surface area contributed by atoms with E-state index in [1.165, 1.54) is 0 Å². The van der Waals surface area contributed by atoms with Crippen molar-refractivity contribution >= 4 is 0 Å². The standard InChI is InChI=1S/C10H18N2O/c1-4-5-6-10(13)9-7-11-12(3)8(9)2/h7,10,13H,4-6H2,1-3H3. The summed E-state index contributed by atoms with van der Waals surface area (Å²) < 4.78 is 1.80. The van der Waals surface area contributed by atoms with Gasteiger partial charge in [0.05, 0.1) is 12.3 Å². The molecule has 3 nitrogen and oxygen atoms in total. The molecule has 0 saturated heterocycles. The summed E-state index contributed by atoms with van der Waals surface area (Å²) in [6, 6.07) is 0. The number of aromatic nitrogens is 2. The minimum Gasteiger partial charge on any atom is -0.388 e. The van der Waals surface area contributed by atoms with E-state index in [0.29, 0.717) is 0 Å². The van der Waals surface area contributed by atoms with Gasteiger partial charge in [-0.05, 0) is 13.3 Å². The van der Waals surface area contributed by atoms with E-state index in [4.69, 9.17) is 0 Å². The Morgan fingerprint density at radius 1 is 1.62 bits per heavy atom. The number of nitrogens with zero attached hydrogens (tertiary/aromatic N) is 2. The molecular weight excluding hydrogens is 164 g/mol. The van der Waals surface area contributed by atoms with Crippen molar-refractivity contribution in [2.24, 2.45) is 7.05 Å². The van der Waals surface area contributed by atoms with Gasteiger partial charge in [-0.1, -0.05) is 19.8 Å². The molecule has 1 unspecified atom stereocenters. The summed E-state index contributed by atoms with van der Waals surface area (Å²) in [7, 11) is 1.89. The lowest BCUT2D eigenvalue weighted by Gasteiger charge is -2.08. The molecule has 0 aliphatic heterocycles. The van der Waals surface area contributed by atoms with E-state index in [1.54, 1.807) is 10.9 Å². The second kappa shape index (κ2) is 4.42. The lowest BCUT2D eigenvalue weighted by atomic mass is 10.1. The summed E-state index contributed by atoms with van der Waals surface area (Å²) in [6.45, 7) is 4.11. The lowest BCUT2D eigenvalue weighted by molar-refractivity contribution is 0.163. The Morgan fingerprint density at radius 3 is 2.77 bits per heavy atom. The van der Waals surface area contributed by atoms with Crippen molar-refractivity contribution in [2.75, 3.05) is 0 Å². The largest absolute Gasteiger partial charge is 0.388 e. The number of hydrogen-bond donors (Lipinski definition) is 1. The van der Waals surface area contributed by atoms with Crippen LogP contribution in [0.15, 0.2) is 6.20 Å². The van der Waals surface area contributed by atoms with Crippen molar-refractivity contribution in [1.29, 1.82) is 0 Å². The predicted molar refractivity (Wildman–Crippen MR) is 52.4 cm³/mol. The molecule has 3 heteroatoms. The highest BCUT2D eigenvalue weighted by atomic mass is 16.3. The number of aliphatic hydroxyl groups is 1. The first kappa shape index (κ1) is 10.3. The molecule has 1 aromatic rings. The molecular formula is C10H18N2O. The molecule has 0 aliphatic carbocycles. The maximum atomic E-state index is 9.79. The summed E-state index contributed by atoms with van der Waals surface area (Å²) in [5, 5.41) is 13.9. The van der Waals surface area contributed by atoms with Gasteiger partial charge in [0.2, 0.25) is 0 Å². The van der Waals surface area contributed by atoms with Crippen LogP contribution >= 0.6 is 0 Å². The highest BCUT2D eigenvalue weighted by molar-refractivity contribution is 5.18. The molecule has 1 heterocycles. The zero-order valence-corrected chi connectivity index (χ0v) is 8.62. The second-order valence-electron chi connectivity index (χ2n) is 3.47. The summed E-state index contributed by atoms with van der Waals surface area (Å²) in [5.41, 5.74) is 2.03. The van der Waals surface area contributed by atoms with Crippen molar-refractivity contribution in [3.63, 3.8) is 0 Å². The van der Waals surface area contributed by atoms with E-state index >= 15 is 0 Å². The lowest BCUT2D eigenvalue weighted by Crippen LogP contribution is -2.00. The van der Waals surface area contributed by atoms with Gasteiger partial charge in [0.15, 0.2) is 0 Å². The fraction of sp³-hybridized carbons (Fsp3) is 0.700. The summed E-state index contributed by atoms with van der Waals surface area (Å²) in [4.78, 5) is 0. The van der Waals surface area contributed by atoms with Crippen molar-refractivity contribution in [2.45, 2.75) is 39.2 Å². The molecule has 0 aliphatic rings. The fourth-order valence-corrected chi connectivity index (χ4v) is 1.40. The van der Waals surface area contributed by atoms with Gasteiger partial charge in [0.1, 0.15) is 0 Å². The number of rotatable bonds is 4. The van der Waals surface area contributed by atoms with Gasteiger partial charge in [-0.3, -0.25) is 4.68 Å². The molecule has 0 bridgehead atoms. The summed E-state index contributed by atoms with van der Waals surface area (Å²) in [5.74, 6) is 0. The van der Waals surface area contributed by atoms with Crippen LogP contribution in [0.5, 0.6) is 0 Å². The van der Waals surface area contributed by atoms with Crippen LogP contribution < -0.4 is 0 Å². The van der Waals surface area contributed by atoms with Crippen LogP contribution in [-0.2, 0) is 7.05 Å². The topological polar surface area (TPSA) is 38.1 Å². The molecule has 1 atom stereocenters. The number of aryl methyl sites for hydroxylation is 1. The SMILES string of the molecule is CCCCC(O)c1cnn(C)c1C. The Labute approximate surface area is 79.4 Å². The smallest absolute Gasteiger partial charge is 0.0823 e. The van der Waals surface area contributed by atoms with Crippen molar-refractivity contribution in [3.05, 3.63) is 17.5 Å². The second-order valence-corrected chi connectivity index (χ2v) is 3.47. The highest BCUT2D eigenvalue weighted by Gasteiger charge is 2.12. The average Bonchev–Trinajstić information content (AvgIpc) is 2.44.